The Balaban J connectivity index is 2.19. The van der Waals surface area contributed by atoms with Crippen molar-refractivity contribution in [2.24, 2.45) is 0 Å². The van der Waals surface area contributed by atoms with Gasteiger partial charge in [-0.3, -0.25) is 0 Å². The maximum absolute atomic E-state index is 10.3. The molecule has 0 aliphatic heterocycles. The molecule has 1 heterocycles. The van der Waals surface area contributed by atoms with E-state index in [0.717, 1.165) is 5.56 Å². The summed E-state index contributed by atoms with van der Waals surface area (Å²) in [5.74, 6) is 0.378. The van der Waals surface area contributed by atoms with Crippen molar-refractivity contribution in [3.63, 3.8) is 0 Å². The number of hydrogen-bond acceptors (Lipinski definition) is 5. The van der Waals surface area contributed by atoms with E-state index < -0.39 is 6.10 Å². The van der Waals surface area contributed by atoms with Gasteiger partial charge in [0.2, 0.25) is 5.88 Å². The molecule has 0 fully saturated rings. The Labute approximate surface area is 111 Å². The predicted molar refractivity (Wildman–Crippen MR) is 69.9 cm³/mol. The molecule has 1 aromatic heterocycles. The lowest BCUT2D eigenvalue weighted by Gasteiger charge is -2.14. The molecule has 19 heavy (non-hydrogen) atoms. The highest BCUT2D eigenvalue weighted by Crippen LogP contribution is 2.27. The fourth-order valence-electron chi connectivity index (χ4n) is 1.67. The van der Waals surface area contributed by atoms with E-state index in [1.165, 1.54) is 6.33 Å². The number of aliphatic hydroxyl groups excluding tert-OH is 1. The van der Waals surface area contributed by atoms with Crippen molar-refractivity contribution in [1.82, 2.24) is 9.97 Å². The van der Waals surface area contributed by atoms with E-state index in [1.54, 1.807) is 13.3 Å². The smallest absolute Gasteiger partial charge is 0.222 e. The van der Waals surface area contributed by atoms with Crippen LogP contribution >= 0.6 is 0 Å². The van der Waals surface area contributed by atoms with Gasteiger partial charge >= 0.3 is 0 Å². The number of ether oxygens (including phenoxy) is 2. The summed E-state index contributed by atoms with van der Waals surface area (Å²) in [5.41, 5.74) is 1.32. The minimum Gasteiger partial charge on any atom is -0.475 e. The van der Waals surface area contributed by atoms with Gasteiger partial charge in [0.05, 0.1) is 12.2 Å². The van der Waals surface area contributed by atoms with Crippen LogP contribution in [0.2, 0.25) is 0 Å². The van der Waals surface area contributed by atoms with Crippen molar-refractivity contribution in [2.75, 3.05) is 20.3 Å². The Bertz CT molecular complexity index is 505. The van der Waals surface area contributed by atoms with Crippen molar-refractivity contribution in [3.05, 3.63) is 54.0 Å². The number of aromatic nitrogens is 2. The molecule has 5 nitrogen and oxygen atoms in total. The highest BCUT2D eigenvalue weighted by atomic mass is 16.5. The molecule has 2 aromatic rings. The molecule has 0 saturated carbocycles. The lowest BCUT2D eigenvalue weighted by molar-refractivity contribution is 0.139. The van der Waals surface area contributed by atoms with Crippen LogP contribution in [0.4, 0.5) is 0 Å². The minimum absolute atomic E-state index is 0.377. The molecule has 1 unspecified atom stereocenters. The van der Waals surface area contributed by atoms with Gasteiger partial charge < -0.3 is 14.6 Å². The SMILES string of the molecule is COCCOc1ncncc1C(O)c1ccccc1. The molecular weight excluding hydrogens is 244 g/mol. The highest BCUT2D eigenvalue weighted by molar-refractivity contribution is 5.33. The van der Waals surface area contributed by atoms with E-state index in [9.17, 15) is 5.11 Å². The standard InChI is InChI=1S/C14H16N2O3/c1-18-7-8-19-14-12(9-15-10-16-14)13(17)11-5-3-2-4-6-11/h2-6,9-10,13,17H,7-8H2,1H3. The van der Waals surface area contributed by atoms with Crippen LogP contribution in [-0.4, -0.2) is 35.4 Å². The summed E-state index contributed by atoms with van der Waals surface area (Å²) in [4.78, 5) is 7.99. The van der Waals surface area contributed by atoms with Gasteiger partial charge in [-0.25, -0.2) is 9.97 Å². The molecule has 1 atom stereocenters. The van der Waals surface area contributed by atoms with Crippen molar-refractivity contribution in [3.8, 4) is 5.88 Å². The number of hydrogen-bond donors (Lipinski definition) is 1. The van der Waals surface area contributed by atoms with E-state index in [1.807, 2.05) is 30.3 Å². The average Bonchev–Trinajstić information content (AvgIpc) is 2.48. The van der Waals surface area contributed by atoms with Crippen LogP contribution in [0.3, 0.4) is 0 Å². The van der Waals surface area contributed by atoms with Gasteiger partial charge in [0.1, 0.15) is 19.0 Å². The Morgan fingerprint density at radius 1 is 1.21 bits per heavy atom. The van der Waals surface area contributed by atoms with Gasteiger partial charge in [-0.05, 0) is 5.56 Å². The van der Waals surface area contributed by atoms with E-state index in [4.69, 9.17) is 9.47 Å². The molecule has 0 spiro atoms. The molecule has 0 radical (unpaired) electrons. The largest absolute Gasteiger partial charge is 0.475 e. The average molecular weight is 260 g/mol. The summed E-state index contributed by atoms with van der Waals surface area (Å²) in [6.07, 6.45) is 2.15. The van der Waals surface area contributed by atoms with Crippen molar-refractivity contribution < 1.29 is 14.6 Å². The number of benzene rings is 1. The van der Waals surface area contributed by atoms with Gasteiger partial charge in [-0.15, -0.1) is 0 Å². The normalized spacial score (nSPS) is 12.1. The van der Waals surface area contributed by atoms with Gasteiger partial charge in [0, 0.05) is 13.3 Å². The Hall–Kier alpha value is -1.98. The van der Waals surface area contributed by atoms with Crippen LogP contribution in [0.1, 0.15) is 17.2 Å². The minimum atomic E-state index is -0.806. The second kappa shape index (κ2) is 6.82. The molecule has 1 N–H and O–H groups in total. The lowest BCUT2D eigenvalue weighted by atomic mass is 10.0. The fourth-order valence-corrected chi connectivity index (χ4v) is 1.67. The first-order chi connectivity index (χ1) is 9.33. The van der Waals surface area contributed by atoms with Crippen LogP contribution < -0.4 is 4.74 Å². The molecule has 0 bridgehead atoms. The summed E-state index contributed by atoms with van der Waals surface area (Å²) in [7, 11) is 1.60. The van der Waals surface area contributed by atoms with Crippen molar-refractivity contribution in [2.45, 2.75) is 6.10 Å². The molecule has 0 saturated heterocycles. The van der Waals surface area contributed by atoms with Crippen LogP contribution in [0.15, 0.2) is 42.9 Å². The van der Waals surface area contributed by atoms with E-state index in [2.05, 4.69) is 9.97 Å². The van der Waals surface area contributed by atoms with Gasteiger partial charge in [-0.1, -0.05) is 30.3 Å². The number of rotatable bonds is 6. The Morgan fingerprint density at radius 3 is 2.74 bits per heavy atom. The third-order valence-corrected chi connectivity index (χ3v) is 2.64. The second-order valence-corrected chi connectivity index (χ2v) is 3.94. The van der Waals surface area contributed by atoms with Crippen LogP contribution in [-0.2, 0) is 4.74 Å². The Morgan fingerprint density at radius 2 is 2.00 bits per heavy atom. The van der Waals surface area contributed by atoms with Crippen molar-refractivity contribution >= 4 is 0 Å². The predicted octanol–water partition coefficient (Wildman–Crippen LogP) is 1.58. The Kier molecular flexibility index (Phi) is 4.83. The summed E-state index contributed by atoms with van der Waals surface area (Å²) < 4.78 is 10.4. The highest BCUT2D eigenvalue weighted by Gasteiger charge is 2.16. The zero-order chi connectivity index (χ0) is 13.5. The van der Waals surface area contributed by atoms with E-state index in [0.29, 0.717) is 24.7 Å². The molecule has 0 amide bonds. The quantitative estimate of drug-likeness (QED) is 0.799. The van der Waals surface area contributed by atoms with Crippen LogP contribution in [0.25, 0.3) is 0 Å². The molecule has 1 aromatic carbocycles. The molecule has 0 aliphatic rings. The first kappa shape index (κ1) is 13.5. The summed E-state index contributed by atoms with van der Waals surface area (Å²) in [6.45, 7) is 0.840. The monoisotopic (exact) mass is 260 g/mol. The molecule has 5 heteroatoms. The third-order valence-electron chi connectivity index (χ3n) is 2.64. The van der Waals surface area contributed by atoms with E-state index >= 15 is 0 Å². The maximum atomic E-state index is 10.3. The molecule has 100 valence electrons. The molecular formula is C14H16N2O3. The molecule has 0 aliphatic carbocycles. The fraction of sp³-hybridized carbons (Fsp3) is 0.286. The van der Waals surface area contributed by atoms with Gasteiger partial charge in [0.25, 0.3) is 0 Å². The maximum Gasteiger partial charge on any atom is 0.222 e. The summed E-state index contributed by atoms with van der Waals surface area (Å²) in [5, 5.41) is 10.3. The zero-order valence-corrected chi connectivity index (χ0v) is 10.7. The second-order valence-electron chi connectivity index (χ2n) is 3.94. The van der Waals surface area contributed by atoms with Crippen LogP contribution in [0, 0.1) is 0 Å². The van der Waals surface area contributed by atoms with Crippen molar-refractivity contribution in [1.29, 1.82) is 0 Å². The van der Waals surface area contributed by atoms with Gasteiger partial charge in [-0.2, -0.15) is 0 Å². The number of aliphatic hydroxyl groups is 1. The lowest BCUT2D eigenvalue weighted by Crippen LogP contribution is -2.10. The topological polar surface area (TPSA) is 64.5 Å². The summed E-state index contributed by atoms with van der Waals surface area (Å²) >= 11 is 0. The molecule has 2 rings (SSSR count). The zero-order valence-electron chi connectivity index (χ0n) is 10.7. The first-order valence-electron chi connectivity index (χ1n) is 5.97. The number of nitrogens with zero attached hydrogens (tertiary/aromatic N) is 2. The van der Waals surface area contributed by atoms with Gasteiger partial charge in [0.15, 0.2) is 0 Å². The summed E-state index contributed by atoms with van der Waals surface area (Å²) in [6, 6.07) is 9.32. The third kappa shape index (κ3) is 3.49. The number of methoxy groups -OCH3 is 1. The van der Waals surface area contributed by atoms with E-state index in [-0.39, 0.29) is 0 Å². The first-order valence-corrected chi connectivity index (χ1v) is 5.97. The van der Waals surface area contributed by atoms with Crippen LogP contribution in [0.5, 0.6) is 5.88 Å².